The minimum atomic E-state index is -1.77. The van der Waals surface area contributed by atoms with Gasteiger partial charge in [0.05, 0.1) is 30.1 Å². The van der Waals surface area contributed by atoms with Crippen LogP contribution < -0.4 is 14.9 Å². The van der Waals surface area contributed by atoms with Crippen LogP contribution in [0.15, 0.2) is 78.9 Å². The van der Waals surface area contributed by atoms with Crippen LogP contribution in [0, 0.1) is 6.92 Å². The fourth-order valence-corrected chi connectivity index (χ4v) is 6.23. The molecular weight excluding hydrogens is 609 g/mol. The van der Waals surface area contributed by atoms with Gasteiger partial charge in [-0.05, 0) is 61.3 Å². The van der Waals surface area contributed by atoms with Crippen molar-refractivity contribution in [2.45, 2.75) is 33.3 Å². The first-order valence-corrected chi connectivity index (χ1v) is 15.8. The van der Waals surface area contributed by atoms with Gasteiger partial charge in [-0.1, -0.05) is 60.7 Å². The molecule has 0 bridgehead atoms. The summed E-state index contributed by atoms with van der Waals surface area (Å²) in [5.41, 5.74) is 5.53. The minimum absolute atomic E-state index is 0.0983. The summed E-state index contributed by atoms with van der Waals surface area (Å²) in [5, 5.41) is 26.9. The second-order valence-corrected chi connectivity index (χ2v) is 11.5. The topological polar surface area (TPSA) is 136 Å². The number of aldehydes is 1. The lowest BCUT2D eigenvalue weighted by Crippen LogP contribution is -2.32. The predicted octanol–water partition coefficient (Wildman–Crippen LogP) is 5.29. The number of carbonyl (C=O) groups is 2. The predicted molar refractivity (Wildman–Crippen MR) is 185 cm³/mol. The molecule has 0 saturated carbocycles. The highest BCUT2D eigenvalue weighted by Crippen LogP contribution is 2.36. The van der Waals surface area contributed by atoms with Crippen LogP contribution in [0.1, 0.15) is 51.1 Å². The Morgan fingerprint density at radius 2 is 1.77 bits per heavy atom. The van der Waals surface area contributed by atoms with Gasteiger partial charge >= 0.3 is 13.1 Å². The molecule has 6 aromatic rings. The lowest BCUT2D eigenvalue weighted by molar-refractivity contribution is 0.0519. The summed E-state index contributed by atoms with van der Waals surface area (Å²) in [6.45, 7) is 4.53. The zero-order valence-electron chi connectivity index (χ0n) is 27.0. The first-order valence-electron chi connectivity index (χ1n) is 15.8. The van der Waals surface area contributed by atoms with E-state index in [2.05, 4.69) is 22.2 Å². The van der Waals surface area contributed by atoms with E-state index in [9.17, 15) is 19.6 Å². The number of nitrogens with zero attached hydrogens (tertiary/aromatic N) is 2. The standard InChI is InChI=1S/C37H36BN3O7/c1-4-46-37(43)36-29(15-9-19-47-33-16-7-11-24-10-5-6-12-27(24)33)28-13-8-14-30(35(28)39-36)34-23(2)40-41(3)32(34)22-48-26-17-18-31(38(44)45)25(20-26)21-42/h5-8,10-14,16-18,20-21,39,44-45H,4,9,15,19,22H2,1-3H3. The van der Waals surface area contributed by atoms with E-state index in [0.717, 1.165) is 55.5 Å². The third-order valence-corrected chi connectivity index (χ3v) is 8.45. The summed E-state index contributed by atoms with van der Waals surface area (Å²) in [4.78, 5) is 28.2. The highest BCUT2D eigenvalue weighted by atomic mass is 16.5. The summed E-state index contributed by atoms with van der Waals surface area (Å²) >= 11 is 0. The van der Waals surface area contributed by atoms with E-state index >= 15 is 0 Å². The Hall–Kier alpha value is -5.39. The molecule has 0 radical (unpaired) electrons. The molecule has 0 aliphatic carbocycles. The van der Waals surface area contributed by atoms with Gasteiger partial charge in [0.25, 0.3) is 0 Å². The lowest BCUT2D eigenvalue weighted by Gasteiger charge is -2.12. The van der Waals surface area contributed by atoms with Crippen molar-refractivity contribution >= 4 is 46.5 Å². The monoisotopic (exact) mass is 645 g/mol. The maximum atomic E-state index is 13.2. The number of para-hydroxylation sites is 1. The van der Waals surface area contributed by atoms with E-state index in [1.165, 1.54) is 12.1 Å². The molecule has 0 spiro atoms. The van der Waals surface area contributed by atoms with Gasteiger partial charge < -0.3 is 29.2 Å². The number of rotatable bonds is 13. The van der Waals surface area contributed by atoms with Crippen molar-refractivity contribution in [2.75, 3.05) is 13.2 Å². The average molecular weight is 646 g/mol. The van der Waals surface area contributed by atoms with E-state index in [1.54, 1.807) is 17.7 Å². The summed E-state index contributed by atoms with van der Waals surface area (Å²) in [6.07, 6.45) is 1.82. The van der Waals surface area contributed by atoms with Gasteiger partial charge in [-0.3, -0.25) is 9.48 Å². The average Bonchev–Trinajstić information content (AvgIpc) is 3.61. The van der Waals surface area contributed by atoms with Crippen LogP contribution in [0.3, 0.4) is 0 Å². The molecule has 0 unspecified atom stereocenters. The van der Waals surface area contributed by atoms with Crippen LogP contribution in [0.2, 0.25) is 0 Å². The Morgan fingerprint density at radius 1 is 1.00 bits per heavy atom. The highest BCUT2D eigenvalue weighted by Gasteiger charge is 2.24. The normalized spacial score (nSPS) is 11.2. The maximum Gasteiger partial charge on any atom is 0.489 e. The van der Waals surface area contributed by atoms with E-state index in [-0.39, 0.29) is 24.2 Å². The summed E-state index contributed by atoms with van der Waals surface area (Å²) in [7, 11) is 0.0605. The maximum absolute atomic E-state index is 13.2. The van der Waals surface area contributed by atoms with E-state index in [1.807, 2.05) is 62.5 Å². The van der Waals surface area contributed by atoms with Crippen molar-refractivity contribution in [1.82, 2.24) is 14.8 Å². The first-order chi connectivity index (χ1) is 23.3. The number of nitrogens with one attached hydrogen (secondary N) is 1. The number of benzene rings is 4. The second kappa shape index (κ2) is 14.2. The Labute approximate surface area is 278 Å². The molecule has 0 atom stereocenters. The third kappa shape index (κ3) is 6.42. The molecule has 3 N–H and O–H groups in total. The van der Waals surface area contributed by atoms with Crippen LogP contribution in [-0.4, -0.2) is 57.4 Å². The first kappa shape index (κ1) is 32.6. The number of carbonyl (C=O) groups excluding carboxylic acids is 2. The van der Waals surface area contributed by atoms with Crippen LogP contribution in [0.5, 0.6) is 11.5 Å². The molecule has 0 amide bonds. The molecule has 10 nitrogen and oxygen atoms in total. The molecule has 244 valence electrons. The lowest BCUT2D eigenvalue weighted by atomic mass is 9.77. The number of esters is 1. The van der Waals surface area contributed by atoms with Gasteiger partial charge in [-0.25, -0.2) is 4.79 Å². The molecule has 2 heterocycles. The second-order valence-electron chi connectivity index (χ2n) is 11.5. The summed E-state index contributed by atoms with van der Waals surface area (Å²) < 4.78 is 19.5. The molecule has 0 fully saturated rings. The molecule has 48 heavy (non-hydrogen) atoms. The molecular formula is C37H36BN3O7. The van der Waals surface area contributed by atoms with Gasteiger partial charge in [0.1, 0.15) is 30.1 Å². The number of hydrogen-bond acceptors (Lipinski definition) is 8. The minimum Gasteiger partial charge on any atom is -0.493 e. The molecule has 11 heteroatoms. The number of H-pyrrole nitrogens is 1. The SMILES string of the molecule is CCOC(=O)c1[nH]c2c(-c3c(C)nn(C)c3COc3ccc(B(O)O)c(C=O)c3)cccc2c1CCCOc1cccc2ccccc12. The van der Waals surface area contributed by atoms with Gasteiger partial charge in [-0.2, -0.15) is 5.10 Å². The zero-order chi connectivity index (χ0) is 33.8. The fourth-order valence-electron chi connectivity index (χ4n) is 6.23. The molecule has 6 rings (SSSR count). The number of ether oxygens (including phenoxy) is 3. The van der Waals surface area contributed by atoms with Crippen LogP contribution in [0.25, 0.3) is 32.8 Å². The fraction of sp³-hybridized carbons (Fsp3) is 0.216. The van der Waals surface area contributed by atoms with Crippen LogP contribution in [0.4, 0.5) is 0 Å². The number of fused-ring (bicyclic) bond motifs is 2. The van der Waals surface area contributed by atoms with Crippen molar-refractivity contribution in [3.63, 3.8) is 0 Å². The van der Waals surface area contributed by atoms with Crippen LogP contribution in [-0.2, 0) is 24.8 Å². The van der Waals surface area contributed by atoms with Crippen LogP contribution >= 0.6 is 0 Å². The van der Waals surface area contributed by atoms with Crippen molar-refractivity contribution in [3.8, 4) is 22.6 Å². The smallest absolute Gasteiger partial charge is 0.489 e. The Kier molecular flexibility index (Phi) is 9.61. The number of aryl methyl sites for hydroxylation is 3. The van der Waals surface area contributed by atoms with Gasteiger partial charge in [0.15, 0.2) is 0 Å². The largest absolute Gasteiger partial charge is 0.493 e. The Balaban J connectivity index is 1.30. The van der Waals surface area contributed by atoms with Crippen molar-refractivity contribution < 1.29 is 33.8 Å². The summed E-state index contributed by atoms with van der Waals surface area (Å²) in [6, 6.07) is 24.6. The summed E-state index contributed by atoms with van der Waals surface area (Å²) in [5.74, 6) is 0.798. The highest BCUT2D eigenvalue weighted by molar-refractivity contribution is 6.60. The molecule has 0 aliphatic rings. The van der Waals surface area contributed by atoms with Gasteiger partial charge in [0.2, 0.25) is 0 Å². The Morgan fingerprint density at radius 3 is 2.56 bits per heavy atom. The van der Waals surface area contributed by atoms with E-state index in [0.29, 0.717) is 37.2 Å². The van der Waals surface area contributed by atoms with E-state index < -0.39 is 13.1 Å². The number of aromatic amines is 1. The van der Waals surface area contributed by atoms with Gasteiger partial charge in [-0.15, -0.1) is 0 Å². The third-order valence-electron chi connectivity index (χ3n) is 8.45. The number of aromatic nitrogens is 3. The van der Waals surface area contributed by atoms with Crippen molar-refractivity contribution in [1.29, 1.82) is 0 Å². The molecule has 2 aromatic heterocycles. The van der Waals surface area contributed by atoms with E-state index in [4.69, 9.17) is 14.2 Å². The Bertz CT molecular complexity index is 2110. The quantitative estimate of drug-likeness (QED) is 0.0668. The molecule has 0 aliphatic heterocycles. The van der Waals surface area contributed by atoms with Crippen molar-refractivity contribution in [3.05, 3.63) is 107 Å². The zero-order valence-corrected chi connectivity index (χ0v) is 27.0. The van der Waals surface area contributed by atoms with Crippen molar-refractivity contribution in [2.24, 2.45) is 7.05 Å². The molecule has 4 aromatic carbocycles. The number of hydrogen-bond donors (Lipinski definition) is 3. The van der Waals surface area contributed by atoms with Gasteiger partial charge in [0, 0.05) is 34.5 Å². The molecule has 0 saturated heterocycles.